The number of morpholine rings is 2. The van der Waals surface area contributed by atoms with Gasteiger partial charge >= 0.3 is 0 Å². The number of rotatable bonds is 8. The molecule has 0 atom stereocenters. The minimum absolute atomic E-state index is 0.348. The molecule has 2 saturated heterocycles. The van der Waals surface area contributed by atoms with Gasteiger partial charge in [-0.25, -0.2) is 0 Å². The molecule has 0 amide bonds. The van der Waals surface area contributed by atoms with Gasteiger partial charge in [-0.05, 0) is 59.4 Å². The molecule has 2 aromatic carbocycles. The molecule has 2 N–H and O–H groups in total. The van der Waals surface area contributed by atoms with Gasteiger partial charge in [0.05, 0.1) is 26.4 Å². The van der Waals surface area contributed by atoms with Crippen LogP contribution in [0.5, 0.6) is 11.5 Å². The highest BCUT2D eigenvalue weighted by molar-refractivity contribution is 5.91. The predicted octanol–water partition coefficient (Wildman–Crippen LogP) is 4.49. The zero-order valence-corrected chi connectivity index (χ0v) is 20.6. The van der Waals surface area contributed by atoms with E-state index >= 15 is 0 Å². The number of aromatic hydroxyl groups is 2. The van der Waals surface area contributed by atoms with Crippen LogP contribution in [-0.4, -0.2) is 72.6 Å². The van der Waals surface area contributed by atoms with Gasteiger partial charge in [-0.15, -0.1) is 0 Å². The molecule has 34 heavy (non-hydrogen) atoms. The van der Waals surface area contributed by atoms with Gasteiger partial charge in [-0.1, -0.05) is 26.0 Å². The van der Waals surface area contributed by atoms with Gasteiger partial charge in [-0.2, -0.15) is 0 Å². The lowest BCUT2D eigenvalue weighted by molar-refractivity contribution is 0.0338. The Morgan fingerprint density at radius 2 is 1.06 bits per heavy atom. The number of hydrogen-bond acceptors (Lipinski definition) is 6. The molecule has 6 nitrogen and oxygen atoms in total. The zero-order chi connectivity index (χ0) is 23.9. The minimum atomic E-state index is 0.348. The molecule has 2 aliphatic rings. The van der Waals surface area contributed by atoms with Crippen LogP contribution in [0.3, 0.4) is 0 Å². The first-order chi connectivity index (χ1) is 16.6. The van der Waals surface area contributed by atoms with Crippen LogP contribution in [0.15, 0.2) is 36.4 Å². The third-order valence-electron chi connectivity index (χ3n) is 6.92. The topological polar surface area (TPSA) is 65.4 Å². The van der Waals surface area contributed by atoms with Crippen LogP contribution < -0.4 is 0 Å². The number of hydrogen-bond donors (Lipinski definition) is 2. The normalized spacial score (nSPS) is 18.6. The molecule has 6 heteroatoms. The molecule has 0 spiro atoms. The van der Waals surface area contributed by atoms with Crippen molar-refractivity contribution >= 4 is 11.1 Å². The smallest absolute Gasteiger partial charge is 0.120 e. The van der Waals surface area contributed by atoms with Crippen molar-refractivity contribution in [3.63, 3.8) is 0 Å². The van der Waals surface area contributed by atoms with Crippen molar-refractivity contribution in [3.8, 4) is 11.5 Å². The summed E-state index contributed by atoms with van der Waals surface area (Å²) in [7, 11) is 0. The van der Waals surface area contributed by atoms with E-state index in [1.54, 1.807) is 0 Å². The van der Waals surface area contributed by atoms with E-state index in [9.17, 15) is 10.2 Å². The molecule has 184 valence electrons. The van der Waals surface area contributed by atoms with Gasteiger partial charge in [0.1, 0.15) is 11.5 Å². The highest BCUT2D eigenvalue weighted by atomic mass is 16.5. The van der Waals surface area contributed by atoms with Crippen molar-refractivity contribution in [2.75, 3.05) is 52.6 Å². The maximum Gasteiger partial charge on any atom is 0.120 e. The largest absolute Gasteiger partial charge is 0.508 e. The summed E-state index contributed by atoms with van der Waals surface area (Å²) in [5.74, 6) is 0.697. The van der Waals surface area contributed by atoms with Crippen molar-refractivity contribution < 1.29 is 19.7 Å². The van der Waals surface area contributed by atoms with Crippen molar-refractivity contribution in [3.05, 3.63) is 58.7 Å². The SMILES string of the molecule is CC/C(=C(/CC)c1ccc(O)c(CN2CCOCC2)c1)c1ccc(O)c(CN2CCOCC2)c1. The average molecular weight is 467 g/mol. The molecule has 2 aromatic rings. The third-order valence-corrected chi connectivity index (χ3v) is 6.92. The maximum atomic E-state index is 10.5. The Morgan fingerprint density at radius 1 is 0.676 bits per heavy atom. The molecule has 0 radical (unpaired) electrons. The van der Waals surface area contributed by atoms with Gasteiger partial charge < -0.3 is 19.7 Å². The zero-order valence-electron chi connectivity index (χ0n) is 20.6. The number of allylic oxidation sites excluding steroid dienone is 2. The Bertz CT molecular complexity index is 912. The Hall–Kier alpha value is -2.38. The number of phenolic OH excluding ortho intramolecular Hbond substituents is 2. The first-order valence-electron chi connectivity index (χ1n) is 12.6. The molecule has 0 aromatic heterocycles. The van der Waals surface area contributed by atoms with Crippen LogP contribution in [0, 0.1) is 0 Å². The Labute approximate surface area is 203 Å². The molecule has 2 fully saturated rings. The van der Waals surface area contributed by atoms with E-state index in [0.717, 1.165) is 101 Å². The Kier molecular flexibility index (Phi) is 8.62. The second-order valence-corrected chi connectivity index (χ2v) is 9.13. The summed E-state index contributed by atoms with van der Waals surface area (Å²) in [6.45, 7) is 12.4. The number of ether oxygens (including phenoxy) is 2. The lowest BCUT2D eigenvalue weighted by Gasteiger charge is -2.27. The van der Waals surface area contributed by atoms with Gasteiger partial charge in [0.2, 0.25) is 0 Å². The van der Waals surface area contributed by atoms with Crippen molar-refractivity contribution in [1.82, 2.24) is 9.80 Å². The van der Waals surface area contributed by atoms with Crippen LogP contribution in [0.4, 0.5) is 0 Å². The summed E-state index contributed by atoms with van der Waals surface area (Å²) in [5.41, 5.74) is 6.80. The van der Waals surface area contributed by atoms with Crippen LogP contribution in [0.2, 0.25) is 0 Å². The van der Waals surface area contributed by atoms with E-state index in [-0.39, 0.29) is 0 Å². The summed E-state index contributed by atoms with van der Waals surface area (Å²) in [4.78, 5) is 4.66. The molecular formula is C28H38N2O4. The molecule has 0 bridgehead atoms. The van der Waals surface area contributed by atoms with E-state index in [4.69, 9.17) is 9.47 Å². The average Bonchev–Trinajstić information content (AvgIpc) is 2.87. The highest BCUT2D eigenvalue weighted by Gasteiger charge is 2.17. The van der Waals surface area contributed by atoms with Crippen LogP contribution in [-0.2, 0) is 22.6 Å². The molecule has 2 aliphatic heterocycles. The molecule has 0 unspecified atom stereocenters. The second kappa shape index (κ2) is 11.8. The van der Waals surface area contributed by atoms with Gasteiger partial charge in [0.25, 0.3) is 0 Å². The Morgan fingerprint density at radius 3 is 1.41 bits per heavy atom. The van der Waals surface area contributed by atoms with Gasteiger partial charge in [0.15, 0.2) is 0 Å². The first-order valence-corrected chi connectivity index (χ1v) is 12.6. The standard InChI is InChI=1S/C28H38N2O4/c1-3-25(21-5-7-27(31)23(17-21)19-29-9-13-33-14-10-29)26(4-2)22-6-8-28(32)24(18-22)20-30-11-15-34-16-12-30/h5-8,17-18,31-32H,3-4,9-16,19-20H2,1-2H3/b26-25+. The molecular weight excluding hydrogens is 428 g/mol. The fourth-order valence-corrected chi connectivity index (χ4v) is 4.98. The first kappa shape index (κ1) is 24.7. The molecule has 0 saturated carbocycles. The van der Waals surface area contributed by atoms with Crippen LogP contribution in [0.25, 0.3) is 11.1 Å². The number of phenols is 2. The lowest BCUT2D eigenvalue weighted by atomic mass is 9.89. The summed E-state index contributed by atoms with van der Waals surface area (Å²) in [6.07, 6.45) is 1.79. The number of nitrogens with zero attached hydrogens (tertiary/aromatic N) is 2. The van der Waals surface area contributed by atoms with E-state index in [1.165, 1.54) is 11.1 Å². The number of benzene rings is 2. The van der Waals surface area contributed by atoms with Crippen LogP contribution in [0.1, 0.15) is 48.9 Å². The summed E-state index contributed by atoms with van der Waals surface area (Å²) in [6, 6.07) is 12.0. The second-order valence-electron chi connectivity index (χ2n) is 9.13. The Balaban J connectivity index is 1.64. The fraction of sp³-hybridized carbons (Fsp3) is 0.500. The van der Waals surface area contributed by atoms with E-state index in [1.807, 2.05) is 24.3 Å². The summed E-state index contributed by atoms with van der Waals surface area (Å²) >= 11 is 0. The third kappa shape index (κ3) is 5.99. The quantitative estimate of drug-likeness (QED) is 0.559. The minimum Gasteiger partial charge on any atom is -0.508 e. The van der Waals surface area contributed by atoms with Crippen molar-refractivity contribution in [2.45, 2.75) is 39.8 Å². The maximum absolute atomic E-state index is 10.5. The van der Waals surface area contributed by atoms with E-state index in [2.05, 4.69) is 35.8 Å². The molecule has 2 heterocycles. The lowest BCUT2D eigenvalue weighted by Crippen LogP contribution is -2.35. The monoisotopic (exact) mass is 466 g/mol. The highest BCUT2D eigenvalue weighted by Crippen LogP contribution is 2.35. The molecule has 0 aliphatic carbocycles. The van der Waals surface area contributed by atoms with E-state index < -0.39 is 0 Å². The van der Waals surface area contributed by atoms with Gasteiger partial charge in [-0.3, -0.25) is 9.80 Å². The fourth-order valence-electron chi connectivity index (χ4n) is 4.98. The predicted molar refractivity (Wildman–Crippen MR) is 136 cm³/mol. The van der Waals surface area contributed by atoms with E-state index in [0.29, 0.717) is 11.5 Å². The van der Waals surface area contributed by atoms with Crippen LogP contribution >= 0.6 is 0 Å². The molecule has 4 rings (SSSR count). The summed E-state index contributed by atoms with van der Waals surface area (Å²) < 4.78 is 10.9. The van der Waals surface area contributed by atoms with Crippen molar-refractivity contribution in [2.24, 2.45) is 0 Å². The van der Waals surface area contributed by atoms with Gasteiger partial charge in [0, 0.05) is 50.4 Å². The van der Waals surface area contributed by atoms with Crippen molar-refractivity contribution in [1.29, 1.82) is 0 Å². The summed E-state index contributed by atoms with van der Waals surface area (Å²) in [5, 5.41) is 21.1.